The lowest BCUT2D eigenvalue weighted by Gasteiger charge is -2.38. The zero-order valence-corrected chi connectivity index (χ0v) is 18.6. The first-order chi connectivity index (χ1) is 14.7. The van der Waals surface area contributed by atoms with Gasteiger partial charge in [-0.25, -0.2) is 14.3 Å². The van der Waals surface area contributed by atoms with Crippen LogP contribution in [0.2, 0.25) is 0 Å². The summed E-state index contributed by atoms with van der Waals surface area (Å²) in [4.78, 5) is 19.1. The van der Waals surface area contributed by atoms with Crippen molar-refractivity contribution in [3.05, 3.63) is 30.4 Å². The highest BCUT2D eigenvalue weighted by molar-refractivity contribution is 5.69. The number of amides is 1. The van der Waals surface area contributed by atoms with Crippen molar-refractivity contribution >= 4 is 11.6 Å². The van der Waals surface area contributed by atoms with E-state index in [1.54, 1.807) is 10.9 Å². The second-order valence-electron chi connectivity index (χ2n) is 9.66. The minimum atomic E-state index is -0.490. The fraction of sp³-hybridized carbons (Fsp3) is 0.545. The largest absolute Gasteiger partial charge is 0.472 e. The molecular formula is C22H28N6O3. The predicted molar refractivity (Wildman–Crippen MR) is 114 cm³/mol. The van der Waals surface area contributed by atoms with Gasteiger partial charge in [0.25, 0.3) is 0 Å². The summed E-state index contributed by atoms with van der Waals surface area (Å²) in [6.07, 6.45) is 8.10. The number of hydrogen-bond donors (Lipinski definition) is 0. The van der Waals surface area contributed by atoms with Gasteiger partial charge in [-0.15, -0.1) is 0 Å². The number of fused-ring (bicyclic) bond motifs is 2. The molecule has 1 saturated carbocycles. The SMILES string of the molecule is Cc1cnn2cc(-c3cnn(C)c3)nc(O[C@@H]3C[C@@H]4CN(C(=O)OC(C)(C)C)C[C@@H]43)c12. The summed E-state index contributed by atoms with van der Waals surface area (Å²) in [5.74, 6) is 1.32. The van der Waals surface area contributed by atoms with Crippen LogP contribution >= 0.6 is 0 Å². The van der Waals surface area contributed by atoms with Crippen molar-refractivity contribution in [2.75, 3.05) is 13.1 Å². The first kappa shape index (κ1) is 19.8. The van der Waals surface area contributed by atoms with Gasteiger partial charge in [0, 0.05) is 43.4 Å². The van der Waals surface area contributed by atoms with E-state index in [2.05, 4.69) is 10.2 Å². The molecule has 0 radical (unpaired) electrons. The van der Waals surface area contributed by atoms with Gasteiger partial charge in [0.2, 0.25) is 5.88 Å². The number of aryl methyl sites for hydroxylation is 2. The molecule has 0 bridgehead atoms. The Hall–Kier alpha value is -3.10. The van der Waals surface area contributed by atoms with Crippen LogP contribution in [0.15, 0.2) is 24.8 Å². The molecule has 1 aliphatic heterocycles. The van der Waals surface area contributed by atoms with Gasteiger partial charge < -0.3 is 14.4 Å². The normalized spacial score (nSPS) is 23.0. The fourth-order valence-electron chi connectivity index (χ4n) is 4.49. The Morgan fingerprint density at radius 1 is 1.16 bits per heavy atom. The lowest BCUT2D eigenvalue weighted by molar-refractivity contribution is 0.0135. The van der Waals surface area contributed by atoms with Gasteiger partial charge in [-0.2, -0.15) is 10.2 Å². The third kappa shape index (κ3) is 3.62. The summed E-state index contributed by atoms with van der Waals surface area (Å²) in [6.45, 7) is 9.06. The van der Waals surface area contributed by atoms with E-state index in [-0.39, 0.29) is 12.2 Å². The zero-order chi connectivity index (χ0) is 21.9. The van der Waals surface area contributed by atoms with E-state index in [1.807, 2.05) is 62.7 Å². The molecule has 0 N–H and O–H groups in total. The first-order valence-corrected chi connectivity index (χ1v) is 10.7. The molecule has 9 nitrogen and oxygen atoms in total. The third-order valence-electron chi connectivity index (χ3n) is 6.07. The van der Waals surface area contributed by atoms with Crippen LogP contribution in [0.4, 0.5) is 4.79 Å². The molecule has 3 atom stereocenters. The van der Waals surface area contributed by atoms with E-state index >= 15 is 0 Å². The average Bonchev–Trinajstić information content (AvgIpc) is 3.36. The monoisotopic (exact) mass is 424 g/mol. The van der Waals surface area contributed by atoms with Crippen LogP contribution in [0.5, 0.6) is 5.88 Å². The standard InChI is InChI=1S/C22H28N6O3/c1-13-7-24-28-12-17(15-8-23-26(5)9-15)25-20(19(13)28)30-18-6-14-10-27(11-16(14)18)21(29)31-22(2,3)4/h7-9,12,14,16,18H,6,10-11H2,1-5H3/t14-,16+,18-/m1/s1. The van der Waals surface area contributed by atoms with E-state index in [1.165, 1.54) is 0 Å². The Bertz CT molecular complexity index is 1140. The molecule has 0 unspecified atom stereocenters. The summed E-state index contributed by atoms with van der Waals surface area (Å²) in [6, 6.07) is 0. The molecular weight excluding hydrogens is 396 g/mol. The van der Waals surface area contributed by atoms with Crippen molar-refractivity contribution in [2.24, 2.45) is 18.9 Å². The second kappa shape index (κ2) is 6.96. The van der Waals surface area contributed by atoms with Crippen LogP contribution in [-0.4, -0.2) is 60.2 Å². The topological polar surface area (TPSA) is 86.8 Å². The number of ether oxygens (including phenoxy) is 2. The molecule has 9 heteroatoms. The van der Waals surface area contributed by atoms with Crippen LogP contribution in [0.25, 0.3) is 16.8 Å². The summed E-state index contributed by atoms with van der Waals surface area (Å²) in [5.41, 5.74) is 3.06. The smallest absolute Gasteiger partial charge is 0.410 e. The molecule has 3 aromatic heterocycles. The molecule has 3 aromatic rings. The Kier molecular flexibility index (Phi) is 4.46. The Morgan fingerprint density at radius 2 is 1.97 bits per heavy atom. The molecule has 0 aromatic carbocycles. The van der Waals surface area contributed by atoms with Gasteiger partial charge in [-0.1, -0.05) is 0 Å². The van der Waals surface area contributed by atoms with Crippen molar-refractivity contribution < 1.29 is 14.3 Å². The van der Waals surface area contributed by atoms with Crippen molar-refractivity contribution in [2.45, 2.75) is 45.8 Å². The van der Waals surface area contributed by atoms with Crippen LogP contribution in [0, 0.1) is 18.8 Å². The van der Waals surface area contributed by atoms with Crippen LogP contribution in [-0.2, 0) is 11.8 Å². The van der Waals surface area contributed by atoms with E-state index in [9.17, 15) is 4.79 Å². The van der Waals surface area contributed by atoms with Gasteiger partial charge in [0.05, 0.1) is 24.3 Å². The lowest BCUT2D eigenvalue weighted by Crippen LogP contribution is -2.44. The highest BCUT2D eigenvalue weighted by atomic mass is 16.6. The van der Waals surface area contributed by atoms with E-state index < -0.39 is 5.60 Å². The maximum absolute atomic E-state index is 12.5. The predicted octanol–water partition coefficient (Wildman–Crippen LogP) is 3.07. The number of carbonyl (C=O) groups is 1. The highest BCUT2D eigenvalue weighted by Gasteiger charge is 2.50. The molecule has 5 rings (SSSR count). The molecule has 2 fully saturated rings. The zero-order valence-electron chi connectivity index (χ0n) is 18.6. The fourth-order valence-corrected chi connectivity index (χ4v) is 4.49. The van der Waals surface area contributed by atoms with E-state index in [4.69, 9.17) is 14.5 Å². The minimum absolute atomic E-state index is 0.0205. The maximum atomic E-state index is 12.5. The van der Waals surface area contributed by atoms with Crippen molar-refractivity contribution in [1.29, 1.82) is 0 Å². The molecule has 1 aliphatic carbocycles. The Labute approximate surface area is 181 Å². The molecule has 4 heterocycles. The number of hydrogen-bond acceptors (Lipinski definition) is 6. The summed E-state index contributed by atoms with van der Waals surface area (Å²) in [5, 5.41) is 8.71. The minimum Gasteiger partial charge on any atom is -0.472 e. The van der Waals surface area contributed by atoms with Gasteiger partial charge in [0.15, 0.2) is 0 Å². The lowest BCUT2D eigenvalue weighted by atomic mass is 9.73. The summed E-state index contributed by atoms with van der Waals surface area (Å²) >= 11 is 0. The van der Waals surface area contributed by atoms with E-state index in [0.29, 0.717) is 24.3 Å². The quantitative estimate of drug-likeness (QED) is 0.642. The summed E-state index contributed by atoms with van der Waals surface area (Å²) in [7, 11) is 1.88. The maximum Gasteiger partial charge on any atom is 0.410 e. The number of likely N-dealkylation sites (tertiary alicyclic amines) is 1. The number of carbonyl (C=O) groups excluding carboxylic acids is 1. The average molecular weight is 425 g/mol. The van der Waals surface area contributed by atoms with Gasteiger partial charge in [-0.05, 0) is 40.0 Å². The Balaban J connectivity index is 1.37. The molecule has 2 aliphatic rings. The molecule has 0 spiro atoms. The molecule has 164 valence electrons. The molecule has 1 saturated heterocycles. The number of rotatable bonds is 3. The number of aromatic nitrogens is 5. The second-order valence-corrected chi connectivity index (χ2v) is 9.66. The summed E-state index contributed by atoms with van der Waals surface area (Å²) < 4.78 is 15.5. The highest BCUT2D eigenvalue weighted by Crippen LogP contribution is 2.44. The van der Waals surface area contributed by atoms with Crippen molar-refractivity contribution in [3.63, 3.8) is 0 Å². The van der Waals surface area contributed by atoms with Gasteiger partial charge >= 0.3 is 6.09 Å². The van der Waals surface area contributed by atoms with E-state index in [0.717, 1.165) is 35.3 Å². The first-order valence-electron chi connectivity index (χ1n) is 10.7. The molecule has 1 amide bonds. The van der Waals surface area contributed by atoms with Gasteiger partial charge in [-0.3, -0.25) is 4.68 Å². The van der Waals surface area contributed by atoms with Crippen molar-refractivity contribution in [3.8, 4) is 17.1 Å². The number of nitrogens with zero attached hydrogens (tertiary/aromatic N) is 6. The van der Waals surface area contributed by atoms with Crippen LogP contribution in [0.3, 0.4) is 0 Å². The molecule has 31 heavy (non-hydrogen) atoms. The van der Waals surface area contributed by atoms with Crippen molar-refractivity contribution in [1.82, 2.24) is 29.3 Å². The van der Waals surface area contributed by atoms with Crippen LogP contribution < -0.4 is 4.74 Å². The Morgan fingerprint density at radius 3 is 2.68 bits per heavy atom. The third-order valence-corrected chi connectivity index (χ3v) is 6.07. The van der Waals surface area contributed by atoms with Gasteiger partial charge in [0.1, 0.15) is 17.2 Å². The van der Waals surface area contributed by atoms with Crippen LogP contribution in [0.1, 0.15) is 32.8 Å².